The Labute approximate surface area is 199 Å². The third-order valence-electron chi connectivity index (χ3n) is 4.77. The van der Waals surface area contributed by atoms with Gasteiger partial charge in [-0.3, -0.25) is 0 Å². The molecule has 1 aliphatic heterocycles. The molecule has 0 N–H and O–H groups in total. The molecule has 0 unspecified atom stereocenters. The van der Waals surface area contributed by atoms with Gasteiger partial charge in [0.2, 0.25) is 0 Å². The summed E-state index contributed by atoms with van der Waals surface area (Å²) >= 11 is -1.21. The van der Waals surface area contributed by atoms with Gasteiger partial charge >= 0.3 is 200 Å². The Bertz CT molecular complexity index is 862. The van der Waals surface area contributed by atoms with Crippen LogP contribution in [0.4, 0.5) is 0 Å². The Morgan fingerprint density at radius 3 is 1.73 bits per heavy atom. The van der Waals surface area contributed by atoms with Gasteiger partial charge in [-0.15, -0.1) is 0 Å². The SMILES string of the molecule is C[Si](C)(C)[N]([Pb][N]1C=CC=C/C1=C\P(c1ccccc1)c1ccccc1)[Si](C)(C)C. The Morgan fingerprint density at radius 2 is 1.27 bits per heavy atom. The van der Waals surface area contributed by atoms with E-state index in [9.17, 15) is 0 Å². The zero-order valence-corrected chi connectivity index (χ0v) is 25.8. The first kappa shape index (κ1) is 23.9. The monoisotopic (exact) mass is 644 g/mol. The molecule has 2 radical (unpaired) electrons. The maximum absolute atomic E-state index is 3.03. The average Bonchev–Trinajstić information content (AvgIpc) is 2.70. The fourth-order valence-electron chi connectivity index (χ4n) is 3.67. The van der Waals surface area contributed by atoms with Crippen LogP contribution in [0.5, 0.6) is 0 Å². The van der Waals surface area contributed by atoms with Gasteiger partial charge in [0.25, 0.3) is 0 Å². The Balaban J connectivity index is 1.99. The molecule has 0 amide bonds. The predicted octanol–water partition coefficient (Wildman–Crippen LogP) is 5.85. The molecule has 0 saturated carbocycles. The number of rotatable bonds is 7. The van der Waals surface area contributed by atoms with Crippen molar-refractivity contribution in [2.45, 2.75) is 39.3 Å². The quantitative estimate of drug-likeness (QED) is 0.276. The summed E-state index contributed by atoms with van der Waals surface area (Å²) in [5.41, 5.74) is 1.39. The van der Waals surface area contributed by atoms with Crippen LogP contribution in [-0.2, 0) is 0 Å². The van der Waals surface area contributed by atoms with E-state index in [0.717, 1.165) is 0 Å². The molecule has 0 bridgehead atoms. The molecule has 2 aromatic rings. The van der Waals surface area contributed by atoms with Gasteiger partial charge in [-0.05, 0) is 0 Å². The van der Waals surface area contributed by atoms with E-state index < -0.39 is 49.2 Å². The second-order valence-corrected chi connectivity index (χ2v) is 29.4. The van der Waals surface area contributed by atoms with E-state index >= 15 is 0 Å². The Morgan fingerprint density at radius 1 is 0.767 bits per heavy atom. The number of benzene rings is 2. The topological polar surface area (TPSA) is 6.48 Å². The van der Waals surface area contributed by atoms with Gasteiger partial charge in [0.05, 0.1) is 0 Å². The van der Waals surface area contributed by atoms with Gasteiger partial charge in [0.1, 0.15) is 0 Å². The molecule has 156 valence electrons. The van der Waals surface area contributed by atoms with Crippen LogP contribution in [0.25, 0.3) is 0 Å². The van der Waals surface area contributed by atoms with Gasteiger partial charge in [-0.25, -0.2) is 0 Å². The molecule has 0 fully saturated rings. The van der Waals surface area contributed by atoms with Gasteiger partial charge in [0, 0.05) is 0 Å². The van der Waals surface area contributed by atoms with Crippen LogP contribution in [0.15, 0.2) is 96.6 Å². The zero-order chi connectivity index (χ0) is 21.8. The van der Waals surface area contributed by atoms with Crippen LogP contribution < -0.4 is 10.6 Å². The summed E-state index contributed by atoms with van der Waals surface area (Å²) in [5.74, 6) is 2.54. The molecule has 1 aliphatic rings. The van der Waals surface area contributed by atoms with E-state index in [1.807, 2.05) is 0 Å². The van der Waals surface area contributed by atoms with Crippen molar-refractivity contribution in [1.29, 1.82) is 0 Å². The van der Waals surface area contributed by atoms with E-state index in [4.69, 9.17) is 0 Å². The van der Waals surface area contributed by atoms with Crippen molar-refractivity contribution in [3.63, 3.8) is 0 Å². The number of hydrogen-bond acceptors (Lipinski definition) is 2. The van der Waals surface area contributed by atoms with Crippen LogP contribution in [0.1, 0.15) is 0 Å². The fourth-order valence-corrected chi connectivity index (χ4v) is 26.1. The van der Waals surface area contributed by atoms with Crippen LogP contribution >= 0.6 is 7.92 Å². The van der Waals surface area contributed by atoms with E-state index in [1.54, 1.807) is 0 Å². The molecule has 30 heavy (non-hydrogen) atoms. The third-order valence-corrected chi connectivity index (χ3v) is 34.3. The van der Waals surface area contributed by atoms with Gasteiger partial charge in [-0.2, -0.15) is 0 Å². The van der Waals surface area contributed by atoms with Crippen molar-refractivity contribution in [3.05, 3.63) is 96.6 Å². The number of allylic oxidation sites excluding steroid dienone is 3. The van der Waals surface area contributed by atoms with E-state index in [2.05, 4.69) is 135 Å². The van der Waals surface area contributed by atoms with Gasteiger partial charge in [0.15, 0.2) is 0 Å². The predicted molar refractivity (Wildman–Crippen MR) is 142 cm³/mol. The summed E-state index contributed by atoms with van der Waals surface area (Å²) in [6.07, 6.45) is 9.07. The zero-order valence-electron chi connectivity index (χ0n) is 19.0. The molecule has 0 saturated heterocycles. The van der Waals surface area contributed by atoms with Crippen molar-refractivity contribution >= 4 is 59.8 Å². The minimum absolute atomic E-state index is 0.535. The fraction of sp³-hybridized carbons (Fsp3) is 0.250. The second-order valence-electron chi connectivity index (χ2n) is 9.44. The van der Waals surface area contributed by atoms with Crippen LogP contribution in [0.2, 0.25) is 39.3 Å². The first-order valence-corrected chi connectivity index (χ1v) is 22.3. The van der Waals surface area contributed by atoms with Crippen LogP contribution in [0.3, 0.4) is 0 Å². The normalized spacial score (nSPS) is 16.1. The van der Waals surface area contributed by atoms with Crippen LogP contribution in [-0.4, -0.2) is 46.1 Å². The van der Waals surface area contributed by atoms with Crippen molar-refractivity contribution in [2.75, 3.05) is 0 Å². The van der Waals surface area contributed by atoms with Crippen molar-refractivity contribution < 1.29 is 0 Å². The third kappa shape index (κ3) is 6.36. The van der Waals surface area contributed by atoms with Gasteiger partial charge < -0.3 is 0 Å². The van der Waals surface area contributed by atoms with Crippen molar-refractivity contribution in [1.82, 2.24) is 4.75 Å². The van der Waals surface area contributed by atoms with E-state index in [1.165, 1.54) is 16.3 Å². The summed E-state index contributed by atoms with van der Waals surface area (Å²) in [5, 5.41) is 2.82. The first-order valence-electron chi connectivity index (χ1n) is 10.5. The second kappa shape index (κ2) is 10.2. The van der Waals surface area contributed by atoms with E-state index in [0.29, 0.717) is 0 Å². The molecular weight excluding hydrogens is 611 g/mol. The molecule has 0 atom stereocenters. The molecule has 0 spiro atoms. The van der Waals surface area contributed by atoms with Crippen molar-refractivity contribution in [2.24, 2.45) is 0 Å². The summed E-state index contributed by atoms with van der Waals surface area (Å²) < 4.78 is 5.68. The molecule has 1 heterocycles. The standard InChI is InChI=1S/C18H15NP.C6H18NSi2.Pb/c1-3-10-17(11-4-1)20(18-12-5-2-6-13-18)15-16-9-7-8-14-19-16;1-8(2,3)7-9(4,5)6;/h1-15H;1-6H3;/q2*-1;+2/b16-15+;;. The van der Waals surface area contributed by atoms with Crippen molar-refractivity contribution in [3.8, 4) is 0 Å². The summed E-state index contributed by atoms with van der Waals surface area (Å²) in [6, 6.07) is 22.0. The molecular formula is C24H33N2PPbSi2. The van der Waals surface area contributed by atoms with Crippen LogP contribution in [0, 0.1) is 0 Å². The molecule has 2 nitrogen and oxygen atoms in total. The molecule has 2 aromatic carbocycles. The minimum atomic E-state index is -1.34. The Hall–Kier alpha value is -0.794. The average molecular weight is 644 g/mol. The van der Waals surface area contributed by atoms with E-state index in [-0.39, 0.29) is 0 Å². The maximum atomic E-state index is 3.03. The Kier molecular flexibility index (Phi) is 8.13. The number of hydrogen-bond donors (Lipinski definition) is 0. The summed E-state index contributed by atoms with van der Waals surface area (Å²) in [4.78, 5) is 0. The molecule has 3 rings (SSSR count). The molecule has 6 heteroatoms. The molecule has 0 aliphatic carbocycles. The number of nitrogens with zero attached hydrogens (tertiary/aromatic N) is 2. The molecule has 0 aromatic heterocycles. The van der Waals surface area contributed by atoms with Gasteiger partial charge in [-0.1, -0.05) is 0 Å². The first-order chi connectivity index (χ1) is 14.2. The summed E-state index contributed by atoms with van der Waals surface area (Å²) in [7, 11) is -3.22. The summed E-state index contributed by atoms with van der Waals surface area (Å²) in [6.45, 7) is 15.1.